The van der Waals surface area contributed by atoms with E-state index in [4.69, 9.17) is 33.6 Å². The van der Waals surface area contributed by atoms with Gasteiger partial charge in [-0.25, -0.2) is 9.59 Å². The minimum atomic E-state index is -1.39. The van der Waals surface area contributed by atoms with Crippen LogP contribution >= 0.6 is 0 Å². The van der Waals surface area contributed by atoms with Crippen molar-refractivity contribution in [1.29, 1.82) is 0 Å². The van der Waals surface area contributed by atoms with E-state index in [1.54, 1.807) is 12.1 Å². The number of ether oxygens (including phenoxy) is 2. The Bertz CT molecular complexity index is 1890. The van der Waals surface area contributed by atoms with E-state index in [9.17, 15) is 29.1 Å². The van der Waals surface area contributed by atoms with Gasteiger partial charge in [-0.15, -0.1) is 0 Å². The number of amides is 1. The summed E-state index contributed by atoms with van der Waals surface area (Å²) in [6.45, 7) is 0.830. The average molecular weight is 666 g/mol. The third kappa shape index (κ3) is 10.4. The molecule has 0 fully saturated rings. The van der Waals surface area contributed by atoms with Crippen LogP contribution in [0.5, 0.6) is 17.2 Å². The molecule has 2 heterocycles. The third-order valence-electron chi connectivity index (χ3n) is 5.90. The number of aromatic hydroxyl groups is 1. The number of aliphatic hydroxyl groups is 1. The fraction of sp³-hybridized carbons (Fsp3) is 0.129. The smallest absolute Gasteiger partial charge is 0.371 e. The summed E-state index contributed by atoms with van der Waals surface area (Å²) >= 11 is 0. The van der Waals surface area contributed by atoms with E-state index in [1.165, 1.54) is 55.5 Å². The van der Waals surface area contributed by atoms with Crippen LogP contribution in [0, 0.1) is 0 Å². The van der Waals surface area contributed by atoms with Crippen molar-refractivity contribution in [3.63, 3.8) is 0 Å². The minimum absolute atomic E-state index is 0. The SMILES string of the molecule is CC(=O)Nc1ccc(O)cc1.O=C(O)c1cc(=O)c2c(OCC(O)COc3cccc4oc(C(=O)O)cc(=O)c34)cccc2o1.[Na].[Na]. The Morgan fingerprint density at radius 3 is 1.55 bits per heavy atom. The molecule has 0 bridgehead atoms. The van der Waals surface area contributed by atoms with Crippen molar-refractivity contribution in [2.24, 2.45) is 0 Å². The molecule has 0 aliphatic carbocycles. The van der Waals surface area contributed by atoms with Gasteiger partial charge in [-0.3, -0.25) is 14.4 Å². The fourth-order valence-electron chi connectivity index (χ4n) is 3.98. The maximum absolute atomic E-state index is 12.3. The van der Waals surface area contributed by atoms with Gasteiger partial charge in [-0.1, -0.05) is 12.1 Å². The van der Waals surface area contributed by atoms with Gasteiger partial charge in [0, 0.05) is 83.9 Å². The number of anilines is 1. The topological polar surface area (TPSA) is 223 Å². The summed E-state index contributed by atoms with van der Waals surface area (Å²) in [5.74, 6) is -3.58. The summed E-state index contributed by atoms with van der Waals surface area (Å²) in [7, 11) is 0. The molecular formula is C31H25NNa2O13. The standard InChI is InChI=1S/C23H16O11.C8H9NO2.2Na/c24-11(9-31-14-3-1-5-16-20(14)12(25)7-18(33-16)22(27)28)10-32-15-4-2-6-17-21(15)13(26)8-19(34-17)23(29)30;1-6(10)9-7-2-4-8(11)5-3-7;;/h1-8,11,24H,9-10H2,(H,27,28)(H,29,30);2-5,11H,1H3,(H,9,10);;. The number of carbonyl (C=O) groups excluding carboxylic acids is 1. The number of aromatic carboxylic acids is 2. The van der Waals surface area contributed by atoms with Crippen LogP contribution in [-0.4, -0.2) is 117 Å². The quantitative estimate of drug-likeness (QED) is 0.113. The number of benzene rings is 3. The van der Waals surface area contributed by atoms with Crippen LogP contribution in [-0.2, 0) is 4.79 Å². The fourth-order valence-corrected chi connectivity index (χ4v) is 3.98. The summed E-state index contributed by atoms with van der Waals surface area (Å²) in [5, 5.41) is 39.8. The largest absolute Gasteiger partial charge is 0.508 e. The molecule has 5 rings (SSSR count). The van der Waals surface area contributed by atoms with Crippen LogP contribution in [0.25, 0.3) is 21.9 Å². The van der Waals surface area contributed by atoms with Crippen LogP contribution in [0.4, 0.5) is 5.69 Å². The second-order valence-corrected chi connectivity index (χ2v) is 9.32. The van der Waals surface area contributed by atoms with Gasteiger partial charge in [-0.2, -0.15) is 0 Å². The van der Waals surface area contributed by atoms with Gasteiger partial charge in [0.05, 0.1) is 0 Å². The number of aliphatic hydroxyl groups excluding tert-OH is 1. The van der Waals surface area contributed by atoms with E-state index in [-0.39, 0.29) is 117 Å². The van der Waals surface area contributed by atoms with E-state index >= 15 is 0 Å². The number of phenolic OH excluding ortho intramolecular Hbond substituents is 1. The van der Waals surface area contributed by atoms with Gasteiger partial charge >= 0.3 is 11.9 Å². The molecule has 5 aromatic rings. The van der Waals surface area contributed by atoms with E-state index in [0.29, 0.717) is 5.69 Å². The predicted molar refractivity (Wildman–Crippen MR) is 170 cm³/mol. The van der Waals surface area contributed by atoms with Crippen LogP contribution in [0.3, 0.4) is 0 Å². The Morgan fingerprint density at radius 2 is 1.17 bits per heavy atom. The number of hydrogen-bond donors (Lipinski definition) is 5. The summed E-state index contributed by atoms with van der Waals surface area (Å²) in [5.41, 5.74) is -0.533. The molecule has 47 heavy (non-hydrogen) atoms. The van der Waals surface area contributed by atoms with Gasteiger partial charge in [0.2, 0.25) is 17.4 Å². The maximum Gasteiger partial charge on any atom is 0.371 e. The van der Waals surface area contributed by atoms with Crippen LogP contribution in [0.15, 0.2) is 91.2 Å². The number of rotatable bonds is 9. The summed E-state index contributed by atoms with van der Waals surface area (Å²) in [6.07, 6.45) is -1.19. The summed E-state index contributed by atoms with van der Waals surface area (Å²) < 4.78 is 21.4. The molecule has 5 N–H and O–H groups in total. The maximum atomic E-state index is 12.3. The number of carboxylic acid groups (broad SMARTS) is 2. The van der Waals surface area contributed by atoms with Crippen LogP contribution in [0.2, 0.25) is 0 Å². The average Bonchev–Trinajstić information content (AvgIpc) is 2.99. The Labute approximate surface area is 309 Å². The molecular weight excluding hydrogens is 640 g/mol. The number of carbonyl (C=O) groups is 3. The number of carboxylic acids is 2. The first-order chi connectivity index (χ1) is 21.4. The van der Waals surface area contributed by atoms with Crippen molar-refractivity contribution in [2.45, 2.75) is 13.0 Å². The molecule has 3 aromatic carbocycles. The third-order valence-corrected chi connectivity index (χ3v) is 5.90. The molecule has 0 aliphatic heterocycles. The monoisotopic (exact) mass is 665 g/mol. The molecule has 16 heteroatoms. The van der Waals surface area contributed by atoms with Gasteiger partial charge in [0.1, 0.15) is 58.5 Å². The summed E-state index contributed by atoms with van der Waals surface area (Å²) in [6, 6.07) is 16.7. The molecule has 0 atom stereocenters. The van der Waals surface area contributed by atoms with E-state index in [0.717, 1.165) is 12.1 Å². The second-order valence-electron chi connectivity index (χ2n) is 9.32. The van der Waals surface area contributed by atoms with E-state index < -0.39 is 40.4 Å². The zero-order valence-corrected chi connectivity index (χ0v) is 29.4. The van der Waals surface area contributed by atoms with Gasteiger partial charge in [0.15, 0.2) is 10.9 Å². The Kier molecular flexibility index (Phi) is 14.7. The molecule has 0 unspecified atom stereocenters. The van der Waals surface area contributed by atoms with Crippen molar-refractivity contribution in [2.75, 3.05) is 18.5 Å². The molecule has 0 saturated carbocycles. The van der Waals surface area contributed by atoms with Crippen molar-refractivity contribution < 1.29 is 53.1 Å². The van der Waals surface area contributed by atoms with Gasteiger partial charge < -0.3 is 44.1 Å². The second kappa shape index (κ2) is 17.7. The number of nitrogens with one attached hydrogen (secondary N) is 1. The first-order valence-electron chi connectivity index (χ1n) is 13.0. The van der Waals surface area contributed by atoms with E-state index in [1.807, 2.05) is 0 Å². The van der Waals surface area contributed by atoms with Crippen LogP contribution < -0.4 is 25.6 Å². The van der Waals surface area contributed by atoms with Crippen LogP contribution in [0.1, 0.15) is 28.0 Å². The molecule has 0 saturated heterocycles. The Morgan fingerprint density at radius 1 is 0.745 bits per heavy atom. The minimum Gasteiger partial charge on any atom is -0.508 e. The number of hydrogen-bond acceptors (Lipinski definition) is 11. The Balaban J connectivity index is 0.000000504. The molecule has 2 aromatic heterocycles. The molecule has 0 spiro atoms. The molecule has 1 amide bonds. The molecule has 234 valence electrons. The van der Waals surface area contributed by atoms with Crippen molar-refractivity contribution >= 4 is 105 Å². The van der Waals surface area contributed by atoms with Crippen molar-refractivity contribution in [3.8, 4) is 17.2 Å². The normalized spacial score (nSPS) is 10.2. The zero-order chi connectivity index (χ0) is 32.7. The number of phenols is 1. The van der Waals surface area contributed by atoms with Crippen molar-refractivity contribution in [1.82, 2.24) is 0 Å². The first kappa shape index (κ1) is 39.0. The zero-order valence-electron chi connectivity index (χ0n) is 25.4. The van der Waals surface area contributed by atoms with Gasteiger partial charge in [-0.05, 0) is 48.5 Å². The molecule has 2 radical (unpaired) electrons. The van der Waals surface area contributed by atoms with Crippen molar-refractivity contribution in [3.05, 3.63) is 105 Å². The number of fused-ring (bicyclic) bond motifs is 2. The van der Waals surface area contributed by atoms with E-state index in [2.05, 4.69) is 5.32 Å². The summed E-state index contributed by atoms with van der Waals surface area (Å²) in [4.78, 5) is 57.3. The Hall–Kier alpha value is -4.15. The first-order valence-corrected chi connectivity index (χ1v) is 13.0. The van der Waals surface area contributed by atoms with Gasteiger partial charge in [0.25, 0.3) is 0 Å². The molecule has 0 aliphatic rings. The predicted octanol–water partition coefficient (Wildman–Crippen LogP) is 2.70. The molecule has 14 nitrogen and oxygen atoms in total.